The third-order valence-electron chi connectivity index (χ3n) is 3.64. The molecular weight excluding hydrogens is 292 g/mol. The fourth-order valence-corrected chi connectivity index (χ4v) is 2.39. The number of benzene rings is 1. The molecule has 0 saturated heterocycles. The second-order valence-corrected chi connectivity index (χ2v) is 5.46. The molecule has 0 bridgehead atoms. The molecule has 0 N–H and O–H groups in total. The first-order chi connectivity index (χ1) is 11.1. The van der Waals surface area contributed by atoms with Gasteiger partial charge in [-0.15, -0.1) is 0 Å². The Hall–Kier alpha value is -2.82. The van der Waals surface area contributed by atoms with Gasteiger partial charge < -0.3 is 13.9 Å². The van der Waals surface area contributed by atoms with Gasteiger partial charge in [0, 0.05) is 12.4 Å². The van der Waals surface area contributed by atoms with Crippen LogP contribution in [0.3, 0.4) is 0 Å². The second kappa shape index (κ2) is 6.12. The molecule has 0 fully saturated rings. The average molecular weight is 310 g/mol. The minimum atomic E-state index is -0.392. The molecule has 0 saturated carbocycles. The van der Waals surface area contributed by atoms with Crippen LogP contribution in [0.4, 0.5) is 0 Å². The Bertz CT molecular complexity index is 868. The molecule has 0 atom stereocenters. The summed E-state index contributed by atoms with van der Waals surface area (Å²) in [5.41, 5.74) is 4.12. The number of rotatable bonds is 4. The standard InChI is InChI=1S/C18H18N2O3/c1-12-4-7-17-19-15(10-20(17)9-12)11-23-18(21)14-6-5-13(2)16(8-14)22-3/h4-10H,11H2,1-3H3. The first-order valence-electron chi connectivity index (χ1n) is 7.33. The van der Waals surface area contributed by atoms with Crippen LogP contribution in [0.2, 0.25) is 0 Å². The van der Waals surface area contributed by atoms with Crippen molar-refractivity contribution in [1.29, 1.82) is 0 Å². The van der Waals surface area contributed by atoms with Gasteiger partial charge in [0.25, 0.3) is 0 Å². The van der Waals surface area contributed by atoms with Gasteiger partial charge in [-0.1, -0.05) is 12.1 Å². The summed E-state index contributed by atoms with van der Waals surface area (Å²) in [5, 5.41) is 0. The molecule has 0 aliphatic rings. The molecule has 5 nitrogen and oxygen atoms in total. The number of methoxy groups -OCH3 is 1. The number of nitrogens with zero attached hydrogens (tertiary/aromatic N) is 2. The molecule has 0 aliphatic carbocycles. The van der Waals surface area contributed by atoms with Crippen LogP contribution in [-0.4, -0.2) is 22.5 Å². The van der Waals surface area contributed by atoms with Crippen molar-refractivity contribution in [3.8, 4) is 5.75 Å². The number of pyridine rings is 1. The molecular formula is C18H18N2O3. The molecule has 2 heterocycles. The molecule has 3 rings (SSSR count). The van der Waals surface area contributed by atoms with Crippen LogP contribution in [0.25, 0.3) is 5.65 Å². The van der Waals surface area contributed by atoms with Gasteiger partial charge in [0.05, 0.1) is 18.4 Å². The lowest BCUT2D eigenvalue weighted by Gasteiger charge is -2.07. The van der Waals surface area contributed by atoms with E-state index in [9.17, 15) is 4.79 Å². The fourth-order valence-electron chi connectivity index (χ4n) is 2.39. The summed E-state index contributed by atoms with van der Waals surface area (Å²) in [7, 11) is 1.58. The van der Waals surface area contributed by atoms with Crippen LogP contribution >= 0.6 is 0 Å². The zero-order valence-electron chi connectivity index (χ0n) is 13.4. The van der Waals surface area contributed by atoms with Gasteiger partial charge >= 0.3 is 5.97 Å². The highest BCUT2D eigenvalue weighted by Crippen LogP contribution is 2.19. The smallest absolute Gasteiger partial charge is 0.338 e. The van der Waals surface area contributed by atoms with Crippen LogP contribution in [0.15, 0.2) is 42.7 Å². The van der Waals surface area contributed by atoms with E-state index in [2.05, 4.69) is 4.98 Å². The van der Waals surface area contributed by atoms with Crippen molar-refractivity contribution in [2.24, 2.45) is 0 Å². The highest BCUT2D eigenvalue weighted by molar-refractivity contribution is 5.90. The summed E-state index contributed by atoms with van der Waals surface area (Å²) in [6, 6.07) is 9.18. The Morgan fingerprint density at radius 2 is 2.00 bits per heavy atom. The Kier molecular flexibility index (Phi) is 4.02. The van der Waals surface area contributed by atoms with E-state index in [1.165, 1.54) is 0 Å². The Morgan fingerprint density at radius 1 is 1.17 bits per heavy atom. The number of aromatic nitrogens is 2. The van der Waals surface area contributed by atoms with E-state index in [1.54, 1.807) is 19.2 Å². The fraction of sp³-hybridized carbons (Fsp3) is 0.222. The minimum Gasteiger partial charge on any atom is -0.496 e. The van der Waals surface area contributed by atoms with Crippen molar-refractivity contribution in [3.63, 3.8) is 0 Å². The number of carbonyl (C=O) groups is 1. The van der Waals surface area contributed by atoms with Crippen LogP contribution < -0.4 is 4.74 Å². The maximum atomic E-state index is 12.2. The molecule has 0 spiro atoms. The summed E-state index contributed by atoms with van der Waals surface area (Å²) in [6.45, 7) is 4.08. The highest BCUT2D eigenvalue weighted by atomic mass is 16.5. The monoisotopic (exact) mass is 310 g/mol. The number of hydrogen-bond acceptors (Lipinski definition) is 4. The van der Waals surface area contributed by atoms with E-state index >= 15 is 0 Å². The van der Waals surface area contributed by atoms with Crippen molar-refractivity contribution >= 4 is 11.6 Å². The zero-order chi connectivity index (χ0) is 16.4. The topological polar surface area (TPSA) is 52.8 Å². The number of aryl methyl sites for hydroxylation is 2. The zero-order valence-corrected chi connectivity index (χ0v) is 13.4. The Morgan fingerprint density at radius 3 is 2.78 bits per heavy atom. The van der Waals surface area contributed by atoms with Gasteiger partial charge in [-0.3, -0.25) is 0 Å². The lowest BCUT2D eigenvalue weighted by atomic mass is 10.1. The predicted octanol–water partition coefficient (Wildman–Crippen LogP) is 3.32. The Balaban J connectivity index is 1.72. The number of imidazole rings is 1. The first kappa shape index (κ1) is 15.1. The molecule has 0 unspecified atom stereocenters. The molecule has 2 aromatic heterocycles. The third-order valence-corrected chi connectivity index (χ3v) is 3.64. The van der Waals surface area contributed by atoms with Gasteiger partial charge in [-0.25, -0.2) is 9.78 Å². The third kappa shape index (κ3) is 3.18. The van der Waals surface area contributed by atoms with Crippen LogP contribution in [0.1, 0.15) is 27.2 Å². The minimum absolute atomic E-state index is 0.135. The summed E-state index contributed by atoms with van der Waals surface area (Å²) < 4.78 is 12.5. The highest BCUT2D eigenvalue weighted by Gasteiger charge is 2.11. The number of esters is 1. The van der Waals surface area contributed by atoms with Gasteiger partial charge in [-0.05, 0) is 43.2 Å². The Labute approximate surface area is 134 Å². The molecule has 0 amide bonds. The molecule has 3 aromatic rings. The number of ether oxygens (including phenoxy) is 2. The normalized spacial score (nSPS) is 10.7. The lowest BCUT2D eigenvalue weighted by Crippen LogP contribution is -2.06. The first-order valence-corrected chi connectivity index (χ1v) is 7.33. The number of hydrogen-bond donors (Lipinski definition) is 0. The van der Waals surface area contributed by atoms with Crippen molar-refractivity contribution in [3.05, 3.63) is 65.1 Å². The molecule has 118 valence electrons. The summed E-state index contributed by atoms with van der Waals surface area (Å²) in [6.07, 6.45) is 3.85. The molecule has 1 aromatic carbocycles. The van der Waals surface area contributed by atoms with Crippen molar-refractivity contribution in [1.82, 2.24) is 9.38 Å². The van der Waals surface area contributed by atoms with Crippen molar-refractivity contribution in [2.45, 2.75) is 20.5 Å². The SMILES string of the molecule is COc1cc(C(=O)OCc2cn3cc(C)ccc3n2)ccc1C. The molecule has 5 heteroatoms. The van der Waals surface area contributed by atoms with E-state index < -0.39 is 5.97 Å². The molecule has 23 heavy (non-hydrogen) atoms. The molecule has 0 aliphatic heterocycles. The summed E-state index contributed by atoms with van der Waals surface area (Å²) in [5.74, 6) is 0.277. The van der Waals surface area contributed by atoms with Gasteiger partial charge in [-0.2, -0.15) is 0 Å². The number of fused-ring (bicyclic) bond motifs is 1. The van der Waals surface area contributed by atoms with Crippen molar-refractivity contribution < 1.29 is 14.3 Å². The van der Waals surface area contributed by atoms with Gasteiger partial charge in [0.1, 0.15) is 18.0 Å². The quantitative estimate of drug-likeness (QED) is 0.694. The average Bonchev–Trinajstić information content (AvgIpc) is 2.95. The van der Waals surface area contributed by atoms with Crippen LogP contribution in [0, 0.1) is 13.8 Å². The van der Waals surface area contributed by atoms with Crippen LogP contribution in [-0.2, 0) is 11.3 Å². The van der Waals surface area contributed by atoms with Gasteiger partial charge in [0.2, 0.25) is 0 Å². The van der Waals surface area contributed by atoms with E-state index in [0.29, 0.717) is 17.0 Å². The lowest BCUT2D eigenvalue weighted by molar-refractivity contribution is 0.0468. The largest absolute Gasteiger partial charge is 0.496 e. The van der Waals surface area contributed by atoms with Crippen molar-refractivity contribution in [2.75, 3.05) is 7.11 Å². The molecule has 0 radical (unpaired) electrons. The van der Waals surface area contributed by atoms with E-state index in [4.69, 9.17) is 9.47 Å². The second-order valence-electron chi connectivity index (χ2n) is 5.46. The van der Waals surface area contributed by atoms with E-state index in [0.717, 1.165) is 16.8 Å². The summed E-state index contributed by atoms with van der Waals surface area (Å²) in [4.78, 5) is 16.6. The predicted molar refractivity (Wildman–Crippen MR) is 86.8 cm³/mol. The van der Waals surface area contributed by atoms with Gasteiger partial charge in [0.15, 0.2) is 0 Å². The van der Waals surface area contributed by atoms with E-state index in [1.807, 2.05) is 48.8 Å². The number of carbonyl (C=O) groups excluding carboxylic acids is 1. The summed E-state index contributed by atoms with van der Waals surface area (Å²) >= 11 is 0. The maximum absolute atomic E-state index is 12.2. The maximum Gasteiger partial charge on any atom is 0.338 e. The van der Waals surface area contributed by atoms with Crippen LogP contribution in [0.5, 0.6) is 5.75 Å². The van der Waals surface area contributed by atoms with E-state index in [-0.39, 0.29) is 6.61 Å².